The Balaban J connectivity index is 4.65. The molecule has 0 saturated heterocycles. The number of carboxylic acids is 1. The van der Waals surface area contributed by atoms with Gasteiger partial charge in [0.1, 0.15) is 12.1 Å². The molecule has 0 aliphatic heterocycles. The van der Waals surface area contributed by atoms with Crippen LogP contribution in [0.5, 0.6) is 0 Å². The lowest BCUT2D eigenvalue weighted by Gasteiger charge is -2.29. The van der Waals surface area contributed by atoms with Gasteiger partial charge < -0.3 is 14.6 Å². The molecule has 8 nitrogen and oxygen atoms in total. The molecule has 1 N–H and O–H groups in total. The van der Waals surface area contributed by atoms with Crippen LogP contribution in [-0.4, -0.2) is 72.0 Å². The summed E-state index contributed by atoms with van der Waals surface area (Å²) >= 11 is 0. The van der Waals surface area contributed by atoms with Crippen molar-refractivity contribution in [3.63, 3.8) is 0 Å². The molecule has 8 heteroatoms. The Kier molecular flexibility index (Phi) is 7.72. The van der Waals surface area contributed by atoms with Gasteiger partial charge in [0.15, 0.2) is 0 Å². The fourth-order valence-corrected chi connectivity index (χ4v) is 1.43. The van der Waals surface area contributed by atoms with E-state index >= 15 is 0 Å². The monoisotopic (exact) mass is 304 g/mol. The third-order valence-electron chi connectivity index (χ3n) is 2.09. The number of rotatable bonds is 7. The maximum atomic E-state index is 11.9. The number of hydrogen-bond donors (Lipinski definition) is 1. The van der Waals surface area contributed by atoms with Gasteiger partial charge in [-0.25, -0.2) is 4.79 Å². The highest BCUT2D eigenvalue weighted by Gasteiger charge is 2.25. The molecule has 0 rings (SSSR count). The number of nitrogens with zero attached hydrogens (tertiary/aromatic N) is 2. The quantitative estimate of drug-likeness (QED) is 0.548. The molecule has 0 aromatic rings. The van der Waals surface area contributed by atoms with Crippen LogP contribution in [0.15, 0.2) is 0 Å². The van der Waals surface area contributed by atoms with Crippen molar-refractivity contribution in [2.75, 3.05) is 33.4 Å². The second kappa shape index (κ2) is 8.46. The van der Waals surface area contributed by atoms with E-state index in [9.17, 15) is 14.4 Å². The van der Waals surface area contributed by atoms with Crippen molar-refractivity contribution in [3.05, 3.63) is 0 Å². The van der Waals surface area contributed by atoms with Crippen molar-refractivity contribution >= 4 is 18.0 Å². The summed E-state index contributed by atoms with van der Waals surface area (Å²) in [5.74, 6) is -1.61. The molecule has 1 amide bonds. The minimum atomic E-state index is -1.16. The first-order valence-corrected chi connectivity index (χ1v) is 6.59. The standard InChI is InChI=1S/C13H24N2O6/c1-6-20-11(18)8-14(5)9-15(7-10(16)17)12(19)21-13(2,3)4/h6-9H2,1-5H3,(H,16,17). The Morgan fingerprint density at radius 1 is 1.14 bits per heavy atom. The van der Waals surface area contributed by atoms with E-state index < -0.39 is 30.2 Å². The molecule has 0 unspecified atom stereocenters. The van der Waals surface area contributed by atoms with E-state index in [2.05, 4.69) is 0 Å². The van der Waals surface area contributed by atoms with Gasteiger partial charge in [0.05, 0.1) is 19.8 Å². The van der Waals surface area contributed by atoms with Crippen molar-refractivity contribution in [1.82, 2.24) is 9.80 Å². The summed E-state index contributed by atoms with van der Waals surface area (Å²) in [6.07, 6.45) is -0.749. The second-order valence-corrected chi connectivity index (χ2v) is 5.53. The first kappa shape index (κ1) is 19.2. The summed E-state index contributed by atoms with van der Waals surface area (Å²) in [6.45, 7) is 6.40. The van der Waals surface area contributed by atoms with Crippen LogP contribution in [0.3, 0.4) is 0 Å². The number of carboxylic acid groups (broad SMARTS) is 1. The maximum Gasteiger partial charge on any atom is 0.411 e. The van der Waals surface area contributed by atoms with E-state index in [1.807, 2.05) is 0 Å². The Morgan fingerprint density at radius 2 is 1.71 bits per heavy atom. The highest BCUT2D eigenvalue weighted by molar-refractivity contribution is 5.77. The van der Waals surface area contributed by atoms with Crippen molar-refractivity contribution in [1.29, 1.82) is 0 Å². The smallest absolute Gasteiger partial charge is 0.411 e. The predicted octanol–water partition coefficient (Wildman–Crippen LogP) is 0.760. The number of aliphatic carboxylic acids is 1. The number of hydrogen-bond acceptors (Lipinski definition) is 6. The largest absolute Gasteiger partial charge is 0.480 e. The minimum absolute atomic E-state index is 0.0489. The SMILES string of the molecule is CCOC(=O)CN(C)CN(CC(=O)O)C(=O)OC(C)(C)C. The van der Waals surface area contributed by atoms with Crippen LogP contribution in [0.4, 0.5) is 4.79 Å². The van der Waals surface area contributed by atoms with Gasteiger partial charge in [-0.05, 0) is 34.7 Å². The van der Waals surface area contributed by atoms with Gasteiger partial charge in [0, 0.05) is 0 Å². The zero-order valence-corrected chi connectivity index (χ0v) is 13.2. The van der Waals surface area contributed by atoms with Gasteiger partial charge in [-0.3, -0.25) is 19.4 Å². The topological polar surface area (TPSA) is 96.4 Å². The van der Waals surface area contributed by atoms with E-state index in [1.54, 1.807) is 34.7 Å². The van der Waals surface area contributed by atoms with Crippen molar-refractivity contribution < 1.29 is 29.0 Å². The molecule has 122 valence electrons. The lowest BCUT2D eigenvalue weighted by molar-refractivity contribution is -0.144. The van der Waals surface area contributed by atoms with Crippen LogP contribution >= 0.6 is 0 Å². The molecule has 0 heterocycles. The van der Waals surface area contributed by atoms with Gasteiger partial charge in [-0.15, -0.1) is 0 Å². The van der Waals surface area contributed by atoms with Crippen LogP contribution in [0.25, 0.3) is 0 Å². The van der Waals surface area contributed by atoms with Gasteiger partial charge in [-0.1, -0.05) is 0 Å². The molecule has 0 atom stereocenters. The van der Waals surface area contributed by atoms with Crippen LogP contribution in [0, 0.1) is 0 Å². The summed E-state index contributed by atoms with van der Waals surface area (Å²) in [4.78, 5) is 36.6. The van der Waals surface area contributed by atoms with Crippen molar-refractivity contribution in [3.8, 4) is 0 Å². The molecular formula is C13H24N2O6. The average Bonchev–Trinajstić information content (AvgIpc) is 2.24. The molecule has 0 saturated carbocycles. The zero-order valence-electron chi connectivity index (χ0n) is 13.2. The fraction of sp³-hybridized carbons (Fsp3) is 0.769. The molecular weight excluding hydrogens is 280 g/mol. The highest BCUT2D eigenvalue weighted by Crippen LogP contribution is 2.10. The number of amides is 1. The average molecular weight is 304 g/mol. The molecule has 0 aliphatic rings. The van der Waals surface area contributed by atoms with E-state index in [0.717, 1.165) is 4.90 Å². The molecule has 0 bridgehead atoms. The first-order chi connectivity index (χ1) is 9.55. The zero-order chi connectivity index (χ0) is 16.6. The predicted molar refractivity (Wildman–Crippen MR) is 74.7 cm³/mol. The minimum Gasteiger partial charge on any atom is -0.480 e. The van der Waals surface area contributed by atoms with Crippen molar-refractivity contribution in [2.45, 2.75) is 33.3 Å². The third kappa shape index (κ3) is 9.67. The molecule has 0 fully saturated rings. The number of carbonyl (C=O) groups excluding carboxylic acids is 2. The second-order valence-electron chi connectivity index (χ2n) is 5.53. The normalized spacial score (nSPS) is 11.1. The van der Waals surface area contributed by atoms with Crippen LogP contribution in [0.2, 0.25) is 0 Å². The summed E-state index contributed by atoms with van der Waals surface area (Å²) in [5.41, 5.74) is -0.729. The lowest BCUT2D eigenvalue weighted by Crippen LogP contribution is -2.46. The molecule has 0 aromatic heterocycles. The van der Waals surface area contributed by atoms with Crippen molar-refractivity contribution in [2.24, 2.45) is 0 Å². The summed E-state index contributed by atoms with van der Waals surface area (Å²) < 4.78 is 9.92. The Bertz CT molecular complexity index is 377. The summed E-state index contributed by atoms with van der Waals surface area (Å²) in [5, 5.41) is 8.85. The Labute approximate surface area is 124 Å². The van der Waals surface area contributed by atoms with Gasteiger partial charge >= 0.3 is 18.0 Å². The van der Waals surface area contributed by atoms with Gasteiger partial charge in [0.2, 0.25) is 0 Å². The van der Waals surface area contributed by atoms with E-state index in [-0.39, 0.29) is 19.8 Å². The highest BCUT2D eigenvalue weighted by atomic mass is 16.6. The molecule has 21 heavy (non-hydrogen) atoms. The first-order valence-electron chi connectivity index (χ1n) is 6.59. The van der Waals surface area contributed by atoms with Crippen LogP contribution in [0.1, 0.15) is 27.7 Å². The van der Waals surface area contributed by atoms with Gasteiger partial charge in [-0.2, -0.15) is 0 Å². The van der Waals surface area contributed by atoms with Gasteiger partial charge in [0.25, 0.3) is 0 Å². The lowest BCUT2D eigenvalue weighted by atomic mass is 10.2. The van der Waals surface area contributed by atoms with E-state index in [4.69, 9.17) is 14.6 Å². The third-order valence-corrected chi connectivity index (χ3v) is 2.09. The van der Waals surface area contributed by atoms with Crippen LogP contribution in [-0.2, 0) is 19.1 Å². The molecule has 0 aliphatic carbocycles. The number of carbonyl (C=O) groups is 3. The molecule has 0 spiro atoms. The number of likely N-dealkylation sites (N-methyl/N-ethyl adjacent to an activating group) is 1. The van der Waals surface area contributed by atoms with E-state index in [1.165, 1.54) is 4.90 Å². The van der Waals surface area contributed by atoms with E-state index in [0.29, 0.717) is 0 Å². The summed E-state index contributed by atoms with van der Waals surface area (Å²) in [6, 6.07) is 0. The summed E-state index contributed by atoms with van der Waals surface area (Å²) in [7, 11) is 1.58. The maximum absolute atomic E-state index is 11.9. The molecule has 0 aromatic carbocycles. The number of esters is 1. The Hall–Kier alpha value is -1.83. The fourth-order valence-electron chi connectivity index (χ4n) is 1.43. The van der Waals surface area contributed by atoms with Crippen LogP contribution < -0.4 is 0 Å². The Morgan fingerprint density at radius 3 is 2.14 bits per heavy atom. The molecule has 0 radical (unpaired) electrons. The number of ether oxygens (including phenoxy) is 2.